The van der Waals surface area contributed by atoms with Gasteiger partial charge >= 0.3 is 12.1 Å². The number of rotatable bonds is 5. The van der Waals surface area contributed by atoms with Crippen LogP contribution in [0.1, 0.15) is 27.3 Å². The minimum atomic E-state index is -4.50. The summed E-state index contributed by atoms with van der Waals surface area (Å²) >= 11 is 0. The molecule has 31 heavy (non-hydrogen) atoms. The molecule has 0 N–H and O–H groups in total. The third-order valence-electron chi connectivity index (χ3n) is 4.53. The lowest BCUT2D eigenvalue weighted by molar-refractivity contribution is -0.137. The van der Waals surface area contributed by atoms with Gasteiger partial charge in [0.05, 0.1) is 30.3 Å². The lowest BCUT2D eigenvalue weighted by Gasteiger charge is -2.08. The molecular weight excluding hydrogens is 413 g/mol. The first kappa shape index (κ1) is 20.5. The first-order chi connectivity index (χ1) is 14.7. The largest absolute Gasteiger partial charge is 0.493 e. The second-order valence-electron chi connectivity index (χ2n) is 6.82. The van der Waals surface area contributed by atoms with Gasteiger partial charge in [-0.2, -0.15) is 18.3 Å². The number of fused-ring (bicyclic) bond motifs is 1. The molecule has 160 valence electrons. The van der Waals surface area contributed by atoms with Gasteiger partial charge in [-0.3, -0.25) is 0 Å². The minimum Gasteiger partial charge on any atom is -0.493 e. The van der Waals surface area contributed by atoms with Crippen LogP contribution in [0.5, 0.6) is 5.75 Å². The molecule has 0 radical (unpaired) electrons. The number of esters is 1. The van der Waals surface area contributed by atoms with Gasteiger partial charge in [0.2, 0.25) is 5.69 Å². The van der Waals surface area contributed by atoms with Crippen LogP contribution in [0.4, 0.5) is 13.2 Å². The number of methoxy groups -OCH3 is 1. The molecule has 1 aromatic carbocycles. The van der Waals surface area contributed by atoms with Gasteiger partial charge in [0.25, 0.3) is 0 Å². The van der Waals surface area contributed by atoms with Crippen LogP contribution in [-0.4, -0.2) is 32.2 Å². The van der Waals surface area contributed by atoms with Gasteiger partial charge in [-0.05, 0) is 36.8 Å². The maximum Gasteiger partial charge on any atom is 0.416 e. The molecule has 7 nitrogen and oxygen atoms in total. The number of imidazole rings is 1. The SMILES string of the molecule is COc1cn(-c2cccc(C(F)(F)F)c2)nc1C(=O)OCc1cn2cc(C)ccc2n1. The second kappa shape index (κ2) is 7.78. The number of nitrogens with zero attached hydrogens (tertiary/aromatic N) is 4. The fraction of sp³-hybridized carbons (Fsp3) is 0.190. The highest BCUT2D eigenvalue weighted by Crippen LogP contribution is 2.31. The zero-order valence-electron chi connectivity index (χ0n) is 16.6. The lowest BCUT2D eigenvalue weighted by atomic mass is 10.2. The third-order valence-corrected chi connectivity index (χ3v) is 4.53. The van der Waals surface area contributed by atoms with Crippen LogP contribution in [0.2, 0.25) is 0 Å². The summed E-state index contributed by atoms with van der Waals surface area (Å²) in [6, 6.07) is 8.35. The number of hydrogen-bond donors (Lipinski definition) is 0. The number of pyridine rings is 1. The van der Waals surface area contributed by atoms with E-state index in [1.165, 1.54) is 25.4 Å². The Balaban J connectivity index is 1.55. The van der Waals surface area contributed by atoms with Crippen molar-refractivity contribution in [3.05, 3.63) is 77.5 Å². The normalized spacial score (nSPS) is 11.6. The van der Waals surface area contributed by atoms with E-state index < -0.39 is 17.7 Å². The van der Waals surface area contributed by atoms with Crippen molar-refractivity contribution in [3.63, 3.8) is 0 Å². The summed E-state index contributed by atoms with van der Waals surface area (Å²) < 4.78 is 52.4. The lowest BCUT2D eigenvalue weighted by Crippen LogP contribution is -2.09. The van der Waals surface area contributed by atoms with Crippen LogP contribution < -0.4 is 4.74 Å². The first-order valence-electron chi connectivity index (χ1n) is 9.17. The zero-order valence-corrected chi connectivity index (χ0v) is 16.6. The highest BCUT2D eigenvalue weighted by molar-refractivity contribution is 5.90. The summed E-state index contributed by atoms with van der Waals surface area (Å²) in [5, 5.41) is 4.07. The molecule has 0 atom stereocenters. The van der Waals surface area contributed by atoms with E-state index in [1.54, 1.807) is 6.20 Å². The highest BCUT2D eigenvalue weighted by Gasteiger charge is 2.31. The Bertz CT molecular complexity index is 1260. The molecule has 0 saturated heterocycles. The number of carbonyl (C=O) groups excluding carboxylic acids is 1. The van der Waals surface area contributed by atoms with Crippen LogP contribution in [0, 0.1) is 6.92 Å². The van der Waals surface area contributed by atoms with E-state index in [1.807, 2.05) is 29.7 Å². The molecule has 0 aliphatic rings. The molecule has 4 aromatic rings. The molecular formula is C21H17F3N4O3. The predicted molar refractivity (Wildman–Crippen MR) is 104 cm³/mol. The van der Waals surface area contributed by atoms with Crippen molar-refractivity contribution < 1.29 is 27.4 Å². The van der Waals surface area contributed by atoms with Gasteiger partial charge in [-0.25, -0.2) is 14.5 Å². The Morgan fingerprint density at radius 1 is 1.13 bits per heavy atom. The number of benzene rings is 1. The van der Waals surface area contributed by atoms with Crippen LogP contribution in [0.15, 0.2) is 55.0 Å². The Hall–Kier alpha value is -3.82. The molecule has 3 aromatic heterocycles. The molecule has 10 heteroatoms. The predicted octanol–water partition coefficient (Wildman–Crippen LogP) is 4.21. The van der Waals surface area contributed by atoms with E-state index in [0.29, 0.717) is 11.3 Å². The van der Waals surface area contributed by atoms with E-state index in [2.05, 4.69) is 10.1 Å². The molecule has 0 bridgehead atoms. The van der Waals surface area contributed by atoms with Gasteiger partial charge < -0.3 is 13.9 Å². The number of hydrogen-bond acceptors (Lipinski definition) is 5. The van der Waals surface area contributed by atoms with Crippen molar-refractivity contribution in [2.75, 3.05) is 7.11 Å². The average molecular weight is 430 g/mol. The van der Waals surface area contributed by atoms with E-state index in [9.17, 15) is 18.0 Å². The van der Waals surface area contributed by atoms with Crippen LogP contribution in [0.25, 0.3) is 11.3 Å². The van der Waals surface area contributed by atoms with Gasteiger partial charge in [0.15, 0.2) is 5.75 Å². The Morgan fingerprint density at radius 3 is 2.68 bits per heavy atom. The first-order valence-corrected chi connectivity index (χ1v) is 9.17. The number of aryl methyl sites for hydroxylation is 1. The van der Waals surface area contributed by atoms with Crippen molar-refractivity contribution >= 4 is 11.6 Å². The fourth-order valence-electron chi connectivity index (χ4n) is 3.04. The topological polar surface area (TPSA) is 70.7 Å². The van der Waals surface area contributed by atoms with E-state index in [0.717, 1.165) is 22.4 Å². The number of carbonyl (C=O) groups is 1. The maximum absolute atomic E-state index is 13.0. The summed E-state index contributed by atoms with van der Waals surface area (Å²) in [6.45, 7) is 1.85. The summed E-state index contributed by atoms with van der Waals surface area (Å²) in [5.74, 6) is -0.705. The van der Waals surface area contributed by atoms with Gasteiger partial charge in [0, 0.05) is 12.4 Å². The zero-order chi connectivity index (χ0) is 22.2. The third kappa shape index (κ3) is 4.23. The van der Waals surface area contributed by atoms with E-state index in [-0.39, 0.29) is 23.7 Å². The number of aromatic nitrogens is 4. The molecule has 0 aliphatic carbocycles. The second-order valence-corrected chi connectivity index (χ2v) is 6.82. The number of alkyl halides is 3. The smallest absolute Gasteiger partial charge is 0.416 e. The number of halogens is 3. The Labute approximate surface area is 174 Å². The standard InChI is InChI=1S/C21H17F3N4O3/c1-13-6-7-18-25-15(10-27(18)9-13)12-31-20(29)19-17(30-2)11-28(26-19)16-5-3-4-14(8-16)21(22,23)24/h3-11H,12H2,1-2H3. The van der Waals surface area contributed by atoms with E-state index >= 15 is 0 Å². The van der Waals surface area contributed by atoms with Crippen molar-refractivity contribution in [2.45, 2.75) is 19.7 Å². The molecule has 0 spiro atoms. The monoisotopic (exact) mass is 430 g/mol. The molecule has 0 amide bonds. The van der Waals surface area contributed by atoms with Gasteiger partial charge in [-0.1, -0.05) is 12.1 Å². The summed E-state index contributed by atoms with van der Waals surface area (Å²) in [4.78, 5) is 16.9. The average Bonchev–Trinajstić information content (AvgIpc) is 3.35. The summed E-state index contributed by atoms with van der Waals surface area (Å²) in [6.07, 6.45) is 0.461. The van der Waals surface area contributed by atoms with Gasteiger partial charge in [0.1, 0.15) is 12.3 Å². The molecule has 3 heterocycles. The Kier molecular flexibility index (Phi) is 5.14. The summed E-state index contributed by atoms with van der Waals surface area (Å²) in [5.41, 5.74) is 1.45. The molecule has 4 rings (SSSR count). The summed E-state index contributed by atoms with van der Waals surface area (Å²) in [7, 11) is 1.33. The van der Waals surface area contributed by atoms with Crippen LogP contribution in [0.3, 0.4) is 0 Å². The van der Waals surface area contributed by atoms with Crippen molar-refractivity contribution in [3.8, 4) is 11.4 Å². The van der Waals surface area contributed by atoms with Crippen molar-refractivity contribution in [1.29, 1.82) is 0 Å². The molecule has 0 aliphatic heterocycles. The molecule has 0 fully saturated rings. The highest BCUT2D eigenvalue weighted by atomic mass is 19.4. The minimum absolute atomic E-state index is 0.0769. The van der Waals surface area contributed by atoms with Gasteiger partial charge in [-0.15, -0.1) is 0 Å². The molecule has 0 saturated carbocycles. The quantitative estimate of drug-likeness (QED) is 0.444. The van der Waals surface area contributed by atoms with Crippen molar-refractivity contribution in [2.24, 2.45) is 0 Å². The fourth-order valence-corrected chi connectivity index (χ4v) is 3.04. The van der Waals surface area contributed by atoms with Crippen molar-refractivity contribution in [1.82, 2.24) is 19.2 Å². The van der Waals surface area contributed by atoms with Crippen LogP contribution in [-0.2, 0) is 17.5 Å². The Morgan fingerprint density at radius 2 is 1.94 bits per heavy atom. The van der Waals surface area contributed by atoms with E-state index in [4.69, 9.17) is 9.47 Å². The van der Waals surface area contributed by atoms with Crippen LogP contribution >= 0.6 is 0 Å². The molecule has 0 unspecified atom stereocenters. The number of ether oxygens (including phenoxy) is 2. The maximum atomic E-state index is 13.0.